The predicted octanol–water partition coefficient (Wildman–Crippen LogP) is -0.00230. The Hall–Kier alpha value is -0.840. The average molecular weight is 144 g/mol. The molecule has 0 aromatic carbocycles. The highest BCUT2D eigenvalue weighted by atomic mass is 32.2. The molecule has 4 nitrogen and oxygen atoms in total. The lowest BCUT2D eigenvalue weighted by atomic mass is 10.7. The van der Waals surface area contributed by atoms with E-state index in [0.717, 1.165) is 11.8 Å². The maximum atomic E-state index is 10.5. The van der Waals surface area contributed by atoms with Crippen LogP contribution in [0.15, 0.2) is 4.99 Å². The molecule has 0 aromatic heterocycles. The van der Waals surface area contributed by atoms with Gasteiger partial charge in [-0.2, -0.15) is 0 Å². The van der Waals surface area contributed by atoms with Crippen molar-refractivity contribution in [3.05, 3.63) is 0 Å². The normalized spacial score (nSPS) is 23.0. The van der Waals surface area contributed by atoms with Gasteiger partial charge in [0.15, 0.2) is 5.04 Å². The first-order valence-electron chi connectivity index (χ1n) is 2.24. The summed E-state index contributed by atoms with van der Waals surface area (Å²) in [5.74, 6) is -0.396. The molecule has 0 aromatic rings. The fourth-order valence-corrected chi connectivity index (χ4v) is 1.01. The van der Waals surface area contributed by atoms with Crippen molar-refractivity contribution in [1.29, 1.82) is 0 Å². The molecule has 0 radical (unpaired) electrons. The van der Waals surface area contributed by atoms with E-state index in [-0.39, 0.29) is 10.3 Å². The number of carbonyl (C=O) groups excluding carboxylic acids is 2. The zero-order valence-electron chi connectivity index (χ0n) is 4.67. The Bertz CT molecular complexity index is 199. The van der Waals surface area contributed by atoms with Crippen LogP contribution in [0.2, 0.25) is 0 Å². The van der Waals surface area contributed by atoms with Crippen molar-refractivity contribution in [3.63, 3.8) is 0 Å². The van der Waals surface area contributed by atoms with Crippen LogP contribution in [0.1, 0.15) is 0 Å². The number of thioether (sulfide) groups is 1. The molecule has 1 rings (SSSR count). The van der Waals surface area contributed by atoms with Crippen LogP contribution < -0.4 is 5.32 Å². The van der Waals surface area contributed by atoms with Gasteiger partial charge in [0.1, 0.15) is 0 Å². The summed E-state index contributed by atoms with van der Waals surface area (Å²) in [5.41, 5.74) is 0. The summed E-state index contributed by atoms with van der Waals surface area (Å²) in [4.78, 5) is 24.5. The van der Waals surface area contributed by atoms with Crippen molar-refractivity contribution in [2.24, 2.45) is 4.99 Å². The van der Waals surface area contributed by atoms with Crippen molar-refractivity contribution < 1.29 is 9.59 Å². The summed E-state index contributed by atoms with van der Waals surface area (Å²) >= 11 is 0.824. The maximum absolute atomic E-state index is 10.5. The van der Waals surface area contributed by atoms with E-state index in [4.69, 9.17) is 0 Å². The number of nitrogens with one attached hydrogen (secondary N) is 1. The number of nitrogens with zero attached hydrogens (tertiary/aromatic N) is 1. The number of hydrogen-bond acceptors (Lipinski definition) is 4. The first kappa shape index (κ1) is 6.28. The quantitative estimate of drug-likeness (QED) is 0.520. The predicted molar refractivity (Wildman–Crippen MR) is 34.5 cm³/mol. The van der Waals surface area contributed by atoms with E-state index >= 15 is 0 Å². The van der Waals surface area contributed by atoms with E-state index in [1.54, 1.807) is 0 Å². The van der Waals surface area contributed by atoms with Crippen LogP contribution in [0.4, 0.5) is 4.79 Å². The lowest BCUT2D eigenvalue weighted by Crippen LogP contribution is -2.21. The van der Waals surface area contributed by atoms with Crippen LogP contribution in [0.3, 0.4) is 0 Å². The minimum Gasteiger partial charge on any atom is -0.281 e. The van der Waals surface area contributed by atoms with Gasteiger partial charge in [0, 0.05) is 7.05 Å². The van der Waals surface area contributed by atoms with Crippen molar-refractivity contribution in [3.8, 4) is 0 Å². The second kappa shape index (κ2) is 2.18. The third-order valence-electron chi connectivity index (χ3n) is 0.802. The van der Waals surface area contributed by atoms with Crippen molar-refractivity contribution in [2.75, 3.05) is 7.05 Å². The van der Waals surface area contributed by atoms with Crippen LogP contribution in [0.25, 0.3) is 0 Å². The molecule has 1 fully saturated rings. The third-order valence-corrected chi connectivity index (χ3v) is 1.65. The van der Waals surface area contributed by atoms with Gasteiger partial charge < -0.3 is 0 Å². The Morgan fingerprint density at radius 2 is 2.22 bits per heavy atom. The fourth-order valence-electron chi connectivity index (χ4n) is 0.453. The number of hydrogen-bond donors (Lipinski definition) is 1. The number of imide groups is 1. The van der Waals surface area contributed by atoms with E-state index in [2.05, 4.69) is 10.3 Å². The Balaban J connectivity index is 2.81. The zero-order valence-corrected chi connectivity index (χ0v) is 5.49. The summed E-state index contributed by atoms with van der Waals surface area (Å²) in [7, 11) is 1.47. The summed E-state index contributed by atoms with van der Waals surface area (Å²) in [6.07, 6.45) is 0. The van der Waals surface area contributed by atoms with Gasteiger partial charge in [0.2, 0.25) is 0 Å². The standard InChI is InChI=1S/C4H4N2O2S/c1-5-3-2(7)6-4(8)9-3/h1H3,(H,6,7,8). The lowest BCUT2D eigenvalue weighted by molar-refractivity contribution is -0.113. The molecule has 9 heavy (non-hydrogen) atoms. The van der Waals surface area contributed by atoms with E-state index in [0.29, 0.717) is 0 Å². The van der Waals surface area contributed by atoms with Crippen LogP contribution in [0.5, 0.6) is 0 Å². The average Bonchev–Trinajstić information content (AvgIpc) is 2.10. The molecule has 0 unspecified atom stereocenters. The lowest BCUT2D eigenvalue weighted by Gasteiger charge is -1.81. The molecule has 1 aliphatic heterocycles. The molecular weight excluding hydrogens is 140 g/mol. The number of aliphatic imine (C=N–C) groups is 1. The van der Waals surface area contributed by atoms with Crippen LogP contribution in [-0.2, 0) is 4.79 Å². The summed E-state index contributed by atoms with van der Waals surface area (Å²) < 4.78 is 0. The van der Waals surface area contributed by atoms with Gasteiger partial charge in [-0.3, -0.25) is 19.9 Å². The minimum atomic E-state index is -0.396. The molecule has 0 atom stereocenters. The Labute approximate surface area is 55.7 Å². The van der Waals surface area contributed by atoms with Gasteiger partial charge in [0.25, 0.3) is 11.1 Å². The summed E-state index contributed by atoms with van der Waals surface area (Å²) in [6, 6.07) is 0. The highest BCUT2D eigenvalue weighted by Gasteiger charge is 2.25. The highest BCUT2D eigenvalue weighted by Crippen LogP contribution is 2.11. The van der Waals surface area contributed by atoms with Gasteiger partial charge in [-0.25, -0.2) is 0 Å². The second-order valence-corrected chi connectivity index (χ2v) is 2.33. The topological polar surface area (TPSA) is 58.5 Å². The van der Waals surface area contributed by atoms with E-state index in [1.807, 2.05) is 0 Å². The second-order valence-electron chi connectivity index (χ2n) is 1.37. The molecule has 48 valence electrons. The first-order chi connectivity index (χ1) is 4.24. The number of carbonyl (C=O) groups is 2. The molecule has 1 saturated heterocycles. The Morgan fingerprint density at radius 1 is 1.56 bits per heavy atom. The molecule has 1 N–H and O–H groups in total. The molecule has 1 heterocycles. The Kier molecular flexibility index (Phi) is 1.52. The van der Waals surface area contributed by atoms with Crippen molar-refractivity contribution in [2.45, 2.75) is 0 Å². The van der Waals surface area contributed by atoms with Gasteiger partial charge in [0.05, 0.1) is 0 Å². The van der Waals surface area contributed by atoms with Crippen LogP contribution in [0, 0.1) is 0 Å². The molecule has 0 spiro atoms. The molecule has 1 aliphatic rings. The molecular formula is C4H4N2O2S. The van der Waals surface area contributed by atoms with E-state index < -0.39 is 5.91 Å². The number of rotatable bonds is 0. The van der Waals surface area contributed by atoms with Gasteiger partial charge in [-0.1, -0.05) is 0 Å². The fraction of sp³-hybridized carbons (Fsp3) is 0.250. The molecule has 2 amide bonds. The van der Waals surface area contributed by atoms with Crippen LogP contribution in [-0.4, -0.2) is 23.2 Å². The molecule has 0 saturated carbocycles. The van der Waals surface area contributed by atoms with E-state index in [1.165, 1.54) is 7.05 Å². The first-order valence-corrected chi connectivity index (χ1v) is 3.05. The molecule has 0 bridgehead atoms. The molecule has 0 aliphatic carbocycles. The van der Waals surface area contributed by atoms with Crippen molar-refractivity contribution >= 4 is 28.0 Å². The monoisotopic (exact) mass is 144 g/mol. The Morgan fingerprint density at radius 3 is 2.44 bits per heavy atom. The summed E-state index contributed by atoms with van der Waals surface area (Å²) in [5, 5.41) is 1.96. The smallest absolute Gasteiger partial charge is 0.281 e. The van der Waals surface area contributed by atoms with E-state index in [9.17, 15) is 9.59 Å². The number of amides is 2. The van der Waals surface area contributed by atoms with Gasteiger partial charge >= 0.3 is 0 Å². The molecule has 5 heteroatoms. The minimum absolute atomic E-state index is 0.236. The largest absolute Gasteiger partial charge is 0.292 e. The summed E-state index contributed by atoms with van der Waals surface area (Å²) in [6.45, 7) is 0. The highest BCUT2D eigenvalue weighted by molar-refractivity contribution is 8.28. The zero-order chi connectivity index (χ0) is 6.85. The van der Waals surface area contributed by atoms with Crippen molar-refractivity contribution in [1.82, 2.24) is 5.32 Å². The SMILES string of the molecule is CN=C1SC(=O)NC1=O. The van der Waals surface area contributed by atoms with Gasteiger partial charge in [-0.15, -0.1) is 0 Å². The third kappa shape index (κ3) is 1.10. The maximum Gasteiger partial charge on any atom is 0.292 e. The van der Waals surface area contributed by atoms with Crippen LogP contribution >= 0.6 is 11.8 Å². The van der Waals surface area contributed by atoms with Gasteiger partial charge in [-0.05, 0) is 11.8 Å².